The first-order valence-electron chi connectivity index (χ1n) is 7.06. The summed E-state index contributed by atoms with van der Waals surface area (Å²) in [6.07, 6.45) is 2.11. The molecule has 0 spiro atoms. The van der Waals surface area contributed by atoms with Gasteiger partial charge in [-0.15, -0.1) is 0 Å². The van der Waals surface area contributed by atoms with Gasteiger partial charge in [-0.3, -0.25) is 9.89 Å². The molecule has 22 heavy (non-hydrogen) atoms. The van der Waals surface area contributed by atoms with Gasteiger partial charge in [-0.2, -0.15) is 5.10 Å². The van der Waals surface area contributed by atoms with E-state index in [1.54, 1.807) is 12.1 Å². The van der Waals surface area contributed by atoms with Gasteiger partial charge in [0.15, 0.2) is 0 Å². The number of nitrogens with one attached hydrogen (secondary N) is 2. The van der Waals surface area contributed by atoms with Crippen LogP contribution in [-0.4, -0.2) is 21.1 Å². The molecule has 0 saturated heterocycles. The molecule has 5 nitrogen and oxygen atoms in total. The number of aryl methyl sites for hydroxylation is 1. The first kappa shape index (κ1) is 16.4. The number of amides is 1. The minimum Gasteiger partial charge on any atom is -0.349 e. The van der Waals surface area contributed by atoms with Crippen molar-refractivity contribution in [2.24, 2.45) is 5.92 Å². The summed E-state index contributed by atoms with van der Waals surface area (Å²) in [7, 11) is 0. The van der Waals surface area contributed by atoms with Crippen molar-refractivity contribution in [3.63, 3.8) is 0 Å². The van der Waals surface area contributed by atoms with Crippen molar-refractivity contribution >= 4 is 17.5 Å². The number of hydrogen-bond acceptors (Lipinski definition) is 3. The number of nitrogens with zero attached hydrogens (tertiary/aromatic N) is 2. The van der Waals surface area contributed by atoms with E-state index in [1.807, 2.05) is 13.8 Å². The molecule has 1 aromatic carbocycles. The Bertz CT molecular complexity index is 630. The van der Waals surface area contributed by atoms with Crippen LogP contribution in [-0.2, 0) is 11.2 Å². The molecule has 7 heteroatoms. The highest BCUT2D eigenvalue weighted by atomic mass is 35.5. The van der Waals surface area contributed by atoms with Crippen LogP contribution in [0.4, 0.5) is 4.39 Å². The SMILES string of the molecule is CC(C)[C@H](NC(=O)CCc1ncn[nH]1)c1ccc(Cl)cc1F. The zero-order valence-electron chi connectivity index (χ0n) is 12.4. The normalized spacial score (nSPS) is 12.4. The molecule has 0 bridgehead atoms. The van der Waals surface area contributed by atoms with Crippen LogP contribution in [0.1, 0.15) is 37.7 Å². The Kier molecular flexibility index (Phi) is 5.49. The fourth-order valence-electron chi connectivity index (χ4n) is 2.19. The molecule has 2 rings (SSSR count). The highest BCUT2D eigenvalue weighted by Crippen LogP contribution is 2.26. The Morgan fingerprint density at radius 2 is 2.23 bits per heavy atom. The topological polar surface area (TPSA) is 70.7 Å². The molecule has 2 aromatic rings. The van der Waals surface area contributed by atoms with Gasteiger partial charge in [-0.1, -0.05) is 31.5 Å². The number of aromatic nitrogens is 3. The standard InChI is InChI=1S/C15H18ClFN4O/c1-9(2)15(11-4-3-10(16)7-12(11)17)20-14(22)6-5-13-18-8-19-21-13/h3-4,7-9,15H,5-6H2,1-2H3,(H,20,22)(H,18,19,21)/t15-/m0/s1. The van der Waals surface area contributed by atoms with Crippen molar-refractivity contribution in [1.82, 2.24) is 20.5 Å². The summed E-state index contributed by atoms with van der Waals surface area (Å²) in [4.78, 5) is 16.0. The zero-order chi connectivity index (χ0) is 16.1. The molecular weight excluding hydrogens is 307 g/mol. The van der Waals surface area contributed by atoms with Crippen LogP contribution in [0.2, 0.25) is 5.02 Å². The minimum atomic E-state index is -0.415. The van der Waals surface area contributed by atoms with Crippen LogP contribution in [0.3, 0.4) is 0 Å². The van der Waals surface area contributed by atoms with E-state index >= 15 is 0 Å². The van der Waals surface area contributed by atoms with Gasteiger partial charge in [0.1, 0.15) is 18.0 Å². The number of carbonyl (C=O) groups excluding carboxylic acids is 1. The average Bonchev–Trinajstić information content (AvgIpc) is 2.96. The molecule has 2 N–H and O–H groups in total. The van der Waals surface area contributed by atoms with Gasteiger partial charge >= 0.3 is 0 Å². The number of carbonyl (C=O) groups is 1. The van der Waals surface area contributed by atoms with E-state index < -0.39 is 11.9 Å². The van der Waals surface area contributed by atoms with Crippen molar-refractivity contribution in [3.05, 3.63) is 46.8 Å². The Labute approximate surface area is 133 Å². The predicted molar refractivity (Wildman–Crippen MR) is 81.8 cm³/mol. The summed E-state index contributed by atoms with van der Waals surface area (Å²) in [6, 6.07) is 4.08. The second kappa shape index (κ2) is 7.35. The lowest BCUT2D eigenvalue weighted by Gasteiger charge is -2.23. The van der Waals surface area contributed by atoms with E-state index in [-0.39, 0.29) is 18.2 Å². The smallest absolute Gasteiger partial charge is 0.220 e. The van der Waals surface area contributed by atoms with Crippen LogP contribution < -0.4 is 5.32 Å². The quantitative estimate of drug-likeness (QED) is 0.858. The number of H-pyrrole nitrogens is 1. The van der Waals surface area contributed by atoms with E-state index in [0.717, 1.165) is 0 Å². The molecule has 0 radical (unpaired) electrons. The third kappa shape index (κ3) is 4.27. The van der Waals surface area contributed by atoms with Gasteiger partial charge in [0.05, 0.1) is 6.04 Å². The Morgan fingerprint density at radius 3 is 2.82 bits per heavy atom. The third-order valence-electron chi connectivity index (χ3n) is 3.33. The van der Waals surface area contributed by atoms with E-state index in [4.69, 9.17) is 11.6 Å². The number of hydrogen-bond donors (Lipinski definition) is 2. The summed E-state index contributed by atoms with van der Waals surface area (Å²) < 4.78 is 14.1. The first-order chi connectivity index (χ1) is 10.5. The van der Waals surface area contributed by atoms with Crippen LogP contribution in [0.5, 0.6) is 0 Å². The maximum absolute atomic E-state index is 14.1. The van der Waals surface area contributed by atoms with Gasteiger partial charge in [-0.05, 0) is 18.1 Å². The first-order valence-corrected chi connectivity index (χ1v) is 7.43. The number of aromatic amines is 1. The van der Waals surface area contributed by atoms with E-state index in [2.05, 4.69) is 20.5 Å². The Balaban J connectivity index is 2.03. The van der Waals surface area contributed by atoms with E-state index in [1.165, 1.54) is 12.4 Å². The lowest BCUT2D eigenvalue weighted by Crippen LogP contribution is -2.32. The molecule has 0 aliphatic heterocycles. The largest absolute Gasteiger partial charge is 0.349 e. The monoisotopic (exact) mass is 324 g/mol. The van der Waals surface area contributed by atoms with Gasteiger partial charge in [0.25, 0.3) is 0 Å². The zero-order valence-corrected chi connectivity index (χ0v) is 13.2. The van der Waals surface area contributed by atoms with Gasteiger partial charge in [-0.25, -0.2) is 9.37 Å². The summed E-state index contributed by atoms with van der Waals surface area (Å²) in [5, 5.41) is 9.63. The molecule has 0 saturated carbocycles. The minimum absolute atomic E-state index is 0.0462. The number of benzene rings is 1. The van der Waals surface area contributed by atoms with Crippen LogP contribution in [0, 0.1) is 11.7 Å². The lowest BCUT2D eigenvalue weighted by atomic mass is 9.95. The molecular formula is C15H18ClFN4O. The molecule has 1 aromatic heterocycles. The molecule has 1 heterocycles. The molecule has 1 atom stereocenters. The Hall–Kier alpha value is -1.95. The van der Waals surface area contributed by atoms with Crippen LogP contribution in [0.15, 0.2) is 24.5 Å². The van der Waals surface area contributed by atoms with Crippen molar-refractivity contribution in [2.75, 3.05) is 0 Å². The van der Waals surface area contributed by atoms with Crippen LogP contribution in [0.25, 0.3) is 0 Å². The Morgan fingerprint density at radius 1 is 1.45 bits per heavy atom. The maximum atomic E-state index is 14.1. The fraction of sp³-hybridized carbons (Fsp3) is 0.400. The highest BCUT2D eigenvalue weighted by Gasteiger charge is 2.21. The lowest BCUT2D eigenvalue weighted by molar-refractivity contribution is -0.122. The molecule has 118 valence electrons. The number of halogens is 2. The maximum Gasteiger partial charge on any atom is 0.220 e. The summed E-state index contributed by atoms with van der Waals surface area (Å²) in [5.41, 5.74) is 0.437. The molecule has 1 amide bonds. The summed E-state index contributed by atoms with van der Waals surface area (Å²) >= 11 is 5.77. The van der Waals surface area contributed by atoms with E-state index in [0.29, 0.717) is 22.8 Å². The predicted octanol–water partition coefficient (Wildman–Crippen LogP) is 3.04. The molecule has 0 aliphatic rings. The van der Waals surface area contributed by atoms with Crippen molar-refractivity contribution < 1.29 is 9.18 Å². The van der Waals surface area contributed by atoms with Crippen molar-refractivity contribution in [2.45, 2.75) is 32.7 Å². The molecule has 0 fully saturated rings. The highest BCUT2D eigenvalue weighted by molar-refractivity contribution is 6.30. The number of rotatable bonds is 6. The van der Waals surface area contributed by atoms with Gasteiger partial charge < -0.3 is 5.32 Å². The van der Waals surface area contributed by atoms with Gasteiger partial charge in [0, 0.05) is 23.4 Å². The molecule has 0 aliphatic carbocycles. The van der Waals surface area contributed by atoms with Crippen LogP contribution >= 0.6 is 11.6 Å². The summed E-state index contributed by atoms with van der Waals surface area (Å²) in [5.74, 6) is 0.116. The fourth-order valence-corrected chi connectivity index (χ4v) is 2.34. The second-order valence-electron chi connectivity index (χ2n) is 5.39. The van der Waals surface area contributed by atoms with Crippen molar-refractivity contribution in [1.29, 1.82) is 0 Å². The van der Waals surface area contributed by atoms with Gasteiger partial charge in [0.2, 0.25) is 5.91 Å². The van der Waals surface area contributed by atoms with E-state index in [9.17, 15) is 9.18 Å². The third-order valence-corrected chi connectivity index (χ3v) is 3.57. The second-order valence-corrected chi connectivity index (χ2v) is 5.82. The molecule has 0 unspecified atom stereocenters. The average molecular weight is 325 g/mol. The summed E-state index contributed by atoms with van der Waals surface area (Å²) in [6.45, 7) is 3.85. The van der Waals surface area contributed by atoms with Crippen molar-refractivity contribution in [3.8, 4) is 0 Å².